The Morgan fingerprint density at radius 2 is 0.968 bits per heavy atom. The number of hydrogen-bond donors (Lipinski definition) is 4. The summed E-state index contributed by atoms with van der Waals surface area (Å²) in [5.41, 5.74) is 0. The molecule has 4 N–H and O–H groups in total. The first-order valence-electron chi connectivity index (χ1n) is 25.2. The molecule has 362 valence electrons. The Labute approximate surface area is 384 Å². The van der Waals surface area contributed by atoms with Gasteiger partial charge in [-0.3, -0.25) is 4.79 Å². The van der Waals surface area contributed by atoms with Gasteiger partial charge < -0.3 is 39.4 Å². The molecule has 0 aromatic rings. The Kier molecular flexibility index (Phi) is 41.3. The van der Waals surface area contributed by atoms with Crippen molar-refractivity contribution in [3.8, 4) is 0 Å². The number of unbranched alkanes of at least 4 members (excludes halogenated alkanes) is 17. The van der Waals surface area contributed by atoms with E-state index >= 15 is 0 Å². The standard InChI is InChI=1S/C54H92O9/c1-3-5-7-9-11-13-15-17-19-21-23-24-25-27-29-31-33-35-37-39-41-43-50(56)62-48(47-61-54-53(59)52(58)51(57)49(45-55)63-54)46-60-44-42-40-38-36-34-32-30-28-26-22-20-18-16-14-12-10-8-6-4-2/h5,7,11,13-14,16-17,19-20,22-24,27,29,48-49,51-55,57-59H,3-4,6,8-10,12,15,18,21,25-26,28,30-47H2,1-2H3/b7-5-,13-11-,16-14-,19-17-,22-20-,24-23-,29-27-. The Bertz CT molecular complexity index is 1240. The summed E-state index contributed by atoms with van der Waals surface area (Å²) in [6.07, 6.45) is 53.2. The summed E-state index contributed by atoms with van der Waals surface area (Å²) in [4.78, 5) is 12.8. The van der Waals surface area contributed by atoms with Gasteiger partial charge in [-0.2, -0.15) is 0 Å². The molecule has 1 aliphatic rings. The summed E-state index contributed by atoms with van der Waals surface area (Å²) in [6, 6.07) is 0. The highest BCUT2D eigenvalue weighted by Crippen LogP contribution is 2.22. The minimum atomic E-state index is -1.55. The van der Waals surface area contributed by atoms with Crippen LogP contribution in [0.25, 0.3) is 0 Å². The molecule has 0 aromatic heterocycles. The second-order valence-electron chi connectivity index (χ2n) is 16.9. The summed E-state index contributed by atoms with van der Waals surface area (Å²) < 4.78 is 22.9. The molecule has 0 spiro atoms. The van der Waals surface area contributed by atoms with Crippen LogP contribution in [-0.2, 0) is 23.7 Å². The van der Waals surface area contributed by atoms with Gasteiger partial charge in [0, 0.05) is 13.0 Å². The molecule has 6 unspecified atom stereocenters. The van der Waals surface area contributed by atoms with E-state index in [1.165, 1.54) is 70.6 Å². The fraction of sp³-hybridized carbons (Fsp3) is 0.722. The van der Waals surface area contributed by atoms with E-state index in [2.05, 4.69) is 98.9 Å². The van der Waals surface area contributed by atoms with E-state index in [0.717, 1.165) is 96.3 Å². The van der Waals surface area contributed by atoms with Crippen molar-refractivity contribution in [2.75, 3.05) is 26.4 Å². The summed E-state index contributed by atoms with van der Waals surface area (Å²) >= 11 is 0. The van der Waals surface area contributed by atoms with Gasteiger partial charge in [0.05, 0.1) is 19.8 Å². The van der Waals surface area contributed by atoms with Crippen LogP contribution in [0.15, 0.2) is 85.1 Å². The lowest BCUT2D eigenvalue weighted by Gasteiger charge is -2.39. The van der Waals surface area contributed by atoms with Gasteiger partial charge in [-0.15, -0.1) is 0 Å². The fourth-order valence-corrected chi connectivity index (χ4v) is 7.14. The van der Waals surface area contributed by atoms with Gasteiger partial charge in [0.15, 0.2) is 6.29 Å². The van der Waals surface area contributed by atoms with Crippen LogP contribution in [0.4, 0.5) is 0 Å². The van der Waals surface area contributed by atoms with Crippen molar-refractivity contribution >= 4 is 5.97 Å². The highest BCUT2D eigenvalue weighted by molar-refractivity contribution is 5.69. The van der Waals surface area contributed by atoms with E-state index in [1.54, 1.807) is 0 Å². The summed E-state index contributed by atoms with van der Waals surface area (Å²) in [5, 5.41) is 40.2. The van der Waals surface area contributed by atoms with Gasteiger partial charge in [0.1, 0.15) is 30.5 Å². The van der Waals surface area contributed by atoms with Crippen molar-refractivity contribution in [3.63, 3.8) is 0 Å². The lowest BCUT2D eigenvalue weighted by Crippen LogP contribution is -2.59. The third-order valence-corrected chi connectivity index (χ3v) is 11.0. The van der Waals surface area contributed by atoms with Gasteiger partial charge in [0.25, 0.3) is 0 Å². The minimum absolute atomic E-state index is 0.128. The van der Waals surface area contributed by atoms with Crippen molar-refractivity contribution in [1.82, 2.24) is 0 Å². The predicted molar refractivity (Wildman–Crippen MR) is 260 cm³/mol. The normalized spacial score (nSPS) is 20.4. The molecule has 6 atom stereocenters. The van der Waals surface area contributed by atoms with E-state index < -0.39 is 43.4 Å². The van der Waals surface area contributed by atoms with Gasteiger partial charge in [-0.05, 0) is 89.9 Å². The number of ether oxygens (including phenoxy) is 4. The first kappa shape index (κ1) is 58.4. The maximum atomic E-state index is 12.8. The molecule has 0 amide bonds. The van der Waals surface area contributed by atoms with Crippen LogP contribution in [0.2, 0.25) is 0 Å². The van der Waals surface area contributed by atoms with Crippen molar-refractivity contribution in [2.24, 2.45) is 0 Å². The molecule has 1 heterocycles. The third kappa shape index (κ3) is 35.3. The molecule has 1 saturated heterocycles. The van der Waals surface area contributed by atoms with E-state index in [0.29, 0.717) is 13.0 Å². The molecule has 0 bridgehead atoms. The van der Waals surface area contributed by atoms with Gasteiger partial charge in [0.2, 0.25) is 0 Å². The van der Waals surface area contributed by atoms with E-state index in [4.69, 9.17) is 18.9 Å². The van der Waals surface area contributed by atoms with Gasteiger partial charge in [-0.25, -0.2) is 0 Å². The van der Waals surface area contributed by atoms with Crippen LogP contribution in [-0.4, -0.2) is 89.6 Å². The SMILES string of the molecule is CC/C=C\C/C=C\C/C=C\C/C=C\C/C=C\CCCCCCCC(=O)OC(COCCCCCCCCCC/C=C\C/C=C\CCCCCC)COC1OC(CO)C(O)C(O)C1O. The van der Waals surface area contributed by atoms with Gasteiger partial charge >= 0.3 is 5.97 Å². The number of carbonyl (C=O) groups is 1. The van der Waals surface area contributed by atoms with Crippen LogP contribution in [0.1, 0.15) is 187 Å². The smallest absolute Gasteiger partial charge is 0.306 e. The average Bonchev–Trinajstić information content (AvgIpc) is 3.28. The van der Waals surface area contributed by atoms with Crippen LogP contribution in [0.5, 0.6) is 0 Å². The maximum Gasteiger partial charge on any atom is 0.306 e. The van der Waals surface area contributed by atoms with E-state index in [9.17, 15) is 25.2 Å². The molecule has 1 rings (SSSR count). The molecule has 0 aromatic carbocycles. The monoisotopic (exact) mass is 885 g/mol. The van der Waals surface area contributed by atoms with Crippen molar-refractivity contribution in [1.29, 1.82) is 0 Å². The highest BCUT2D eigenvalue weighted by atomic mass is 16.7. The largest absolute Gasteiger partial charge is 0.457 e. The van der Waals surface area contributed by atoms with Crippen LogP contribution < -0.4 is 0 Å². The highest BCUT2D eigenvalue weighted by Gasteiger charge is 2.44. The van der Waals surface area contributed by atoms with E-state index in [-0.39, 0.29) is 19.2 Å². The number of rotatable bonds is 42. The quantitative estimate of drug-likeness (QED) is 0.0268. The van der Waals surface area contributed by atoms with Crippen molar-refractivity contribution in [2.45, 2.75) is 224 Å². The number of aliphatic hydroxyl groups excluding tert-OH is 4. The molecule has 1 aliphatic heterocycles. The molecular formula is C54H92O9. The minimum Gasteiger partial charge on any atom is -0.457 e. The zero-order valence-electron chi connectivity index (χ0n) is 39.8. The molecule has 63 heavy (non-hydrogen) atoms. The zero-order valence-corrected chi connectivity index (χ0v) is 39.8. The zero-order chi connectivity index (χ0) is 45.7. The number of hydrogen-bond acceptors (Lipinski definition) is 9. The van der Waals surface area contributed by atoms with Crippen LogP contribution in [0, 0.1) is 0 Å². The average molecular weight is 885 g/mol. The Morgan fingerprint density at radius 1 is 0.524 bits per heavy atom. The lowest BCUT2D eigenvalue weighted by atomic mass is 9.99. The second kappa shape index (κ2) is 44.6. The lowest BCUT2D eigenvalue weighted by molar-refractivity contribution is -0.305. The summed E-state index contributed by atoms with van der Waals surface area (Å²) in [5.74, 6) is -0.337. The molecule has 1 fully saturated rings. The number of aliphatic hydroxyl groups is 4. The van der Waals surface area contributed by atoms with E-state index in [1.807, 2.05) is 0 Å². The molecule has 9 heteroatoms. The Morgan fingerprint density at radius 3 is 1.46 bits per heavy atom. The van der Waals surface area contributed by atoms with Crippen molar-refractivity contribution in [3.05, 3.63) is 85.1 Å². The second-order valence-corrected chi connectivity index (χ2v) is 16.9. The molecule has 0 aliphatic carbocycles. The first-order valence-corrected chi connectivity index (χ1v) is 25.2. The molecular weight excluding hydrogens is 793 g/mol. The summed E-state index contributed by atoms with van der Waals surface area (Å²) in [6.45, 7) is 4.39. The number of carbonyl (C=O) groups excluding carboxylic acids is 1. The first-order chi connectivity index (χ1) is 30.9. The van der Waals surface area contributed by atoms with Gasteiger partial charge in [-0.1, -0.05) is 176 Å². The molecule has 9 nitrogen and oxygen atoms in total. The number of esters is 1. The Hall–Kier alpha value is -2.63. The maximum absolute atomic E-state index is 12.8. The molecule has 0 saturated carbocycles. The van der Waals surface area contributed by atoms with Crippen LogP contribution >= 0.6 is 0 Å². The molecule has 0 radical (unpaired) electrons. The third-order valence-electron chi connectivity index (χ3n) is 11.0. The fourth-order valence-electron chi connectivity index (χ4n) is 7.14. The predicted octanol–water partition coefficient (Wildman–Crippen LogP) is 12.2. The number of allylic oxidation sites excluding steroid dienone is 14. The van der Waals surface area contributed by atoms with Crippen molar-refractivity contribution < 1.29 is 44.2 Å². The Balaban J connectivity index is 2.25. The topological polar surface area (TPSA) is 135 Å². The summed E-state index contributed by atoms with van der Waals surface area (Å²) in [7, 11) is 0. The van der Waals surface area contributed by atoms with Crippen LogP contribution in [0.3, 0.4) is 0 Å².